The number of benzene rings is 1. The van der Waals surface area contributed by atoms with Crippen LogP contribution < -0.4 is 5.73 Å². The van der Waals surface area contributed by atoms with Gasteiger partial charge in [0.1, 0.15) is 5.75 Å². The number of phenolic OH excluding ortho intramolecular Hbond substituents is 1. The molecule has 94 valence electrons. The molecule has 17 heavy (non-hydrogen) atoms. The van der Waals surface area contributed by atoms with Crippen LogP contribution in [0.3, 0.4) is 0 Å². The second-order valence-corrected chi connectivity index (χ2v) is 5.93. The smallest absolute Gasteiger partial charge is 0.132 e. The molecule has 2 nitrogen and oxygen atoms in total. The Morgan fingerprint density at radius 1 is 1.29 bits per heavy atom. The SMILES string of the molecule is Cc1ccc(C2(CN)CCCCC2)c(Br)c1O. The minimum atomic E-state index is 0.0578. The lowest BCUT2D eigenvalue weighted by Crippen LogP contribution is -2.37. The van der Waals surface area contributed by atoms with Gasteiger partial charge in [0.15, 0.2) is 0 Å². The van der Waals surface area contributed by atoms with Gasteiger partial charge in [0, 0.05) is 12.0 Å². The van der Waals surface area contributed by atoms with Crippen molar-refractivity contribution in [1.29, 1.82) is 0 Å². The van der Waals surface area contributed by atoms with Crippen molar-refractivity contribution in [3.05, 3.63) is 27.7 Å². The van der Waals surface area contributed by atoms with Crippen molar-refractivity contribution in [1.82, 2.24) is 0 Å². The van der Waals surface area contributed by atoms with Crippen molar-refractivity contribution in [3.63, 3.8) is 0 Å². The van der Waals surface area contributed by atoms with Gasteiger partial charge in [0.25, 0.3) is 0 Å². The van der Waals surface area contributed by atoms with Crippen LogP contribution in [0.2, 0.25) is 0 Å². The van der Waals surface area contributed by atoms with E-state index in [1.807, 2.05) is 13.0 Å². The van der Waals surface area contributed by atoms with Crippen molar-refractivity contribution in [3.8, 4) is 5.75 Å². The third-order valence-electron chi connectivity index (χ3n) is 4.09. The van der Waals surface area contributed by atoms with Crippen molar-refractivity contribution in [2.24, 2.45) is 5.73 Å². The second-order valence-electron chi connectivity index (χ2n) is 5.14. The van der Waals surface area contributed by atoms with Crippen LogP contribution in [0, 0.1) is 6.92 Å². The number of halogens is 1. The van der Waals surface area contributed by atoms with E-state index in [2.05, 4.69) is 22.0 Å². The molecule has 0 spiro atoms. The van der Waals surface area contributed by atoms with Gasteiger partial charge >= 0.3 is 0 Å². The summed E-state index contributed by atoms with van der Waals surface area (Å²) in [6.07, 6.45) is 6.03. The normalized spacial score (nSPS) is 19.2. The zero-order chi connectivity index (χ0) is 12.5. The Kier molecular flexibility index (Phi) is 3.79. The molecular weight excluding hydrogens is 278 g/mol. The summed E-state index contributed by atoms with van der Waals surface area (Å²) in [7, 11) is 0. The maximum Gasteiger partial charge on any atom is 0.132 e. The number of phenols is 1. The molecular formula is C14H20BrNO. The van der Waals surface area contributed by atoms with Gasteiger partial charge in [-0.2, -0.15) is 0 Å². The molecule has 1 aliphatic rings. The summed E-state index contributed by atoms with van der Waals surface area (Å²) < 4.78 is 0.838. The molecule has 0 unspecified atom stereocenters. The molecule has 3 heteroatoms. The summed E-state index contributed by atoms with van der Waals surface area (Å²) >= 11 is 3.54. The predicted octanol–water partition coefficient (Wildman–Crippen LogP) is 3.62. The van der Waals surface area contributed by atoms with E-state index in [0.29, 0.717) is 12.3 Å². The Balaban J connectivity index is 2.47. The van der Waals surface area contributed by atoms with E-state index in [1.54, 1.807) is 0 Å². The van der Waals surface area contributed by atoms with Crippen LogP contribution in [-0.2, 0) is 5.41 Å². The van der Waals surface area contributed by atoms with Crippen LogP contribution >= 0.6 is 15.9 Å². The van der Waals surface area contributed by atoms with Crippen molar-refractivity contribution < 1.29 is 5.11 Å². The minimum Gasteiger partial charge on any atom is -0.506 e. The summed E-state index contributed by atoms with van der Waals surface area (Å²) in [5.41, 5.74) is 8.17. The molecule has 0 amide bonds. The quantitative estimate of drug-likeness (QED) is 0.876. The first-order valence-corrected chi connectivity index (χ1v) is 7.09. The molecule has 2 rings (SSSR count). The summed E-state index contributed by atoms with van der Waals surface area (Å²) in [6, 6.07) is 4.11. The van der Waals surface area contributed by atoms with E-state index in [1.165, 1.54) is 24.8 Å². The molecule has 0 radical (unpaired) electrons. The molecule has 0 aliphatic heterocycles. The number of hydrogen-bond donors (Lipinski definition) is 2. The van der Waals surface area contributed by atoms with Crippen LogP contribution in [0.15, 0.2) is 16.6 Å². The number of nitrogens with two attached hydrogens (primary N) is 1. The zero-order valence-corrected chi connectivity index (χ0v) is 11.9. The van der Waals surface area contributed by atoms with Crippen LogP contribution in [0.4, 0.5) is 0 Å². The van der Waals surface area contributed by atoms with Gasteiger partial charge < -0.3 is 10.8 Å². The van der Waals surface area contributed by atoms with Gasteiger partial charge in [-0.25, -0.2) is 0 Å². The molecule has 0 saturated heterocycles. The maximum absolute atomic E-state index is 10.0. The fraction of sp³-hybridized carbons (Fsp3) is 0.571. The molecule has 1 saturated carbocycles. The van der Waals surface area contributed by atoms with Crippen LogP contribution in [0.25, 0.3) is 0 Å². The fourth-order valence-electron chi connectivity index (χ4n) is 2.88. The van der Waals surface area contributed by atoms with Crippen LogP contribution in [0.1, 0.15) is 43.2 Å². The fourth-order valence-corrected chi connectivity index (χ4v) is 3.75. The molecule has 1 fully saturated rings. The van der Waals surface area contributed by atoms with Crippen molar-refractivity contribution >= 4 is 15.9 Å². The third kappa shape index (κ3) is 2.23. The average Bonchev–Trinajstić information content (AvgIpc) is 2.37. The average molecular weight is 298 g/mol. The topological polar surface area (TPSA) is 46.2 Å². The van der Waals surface area contributed by atoms with E-state index in [-0.39, 0.29) is 5.41 Å². The largest absolute Gasteiger partial charge is 0.506 e. The molecule has 0 aromatic heterocycles. The second kappa shape index (κ2) is 4.99. The highest BCUT2D eigenvalue weighted by molar-refractivity contribution is 9.10. The Hall–Kier alpha value is -0.540. The monoisotopic (exact) mass is 297 g/mol. The van der Waals surface area contributed by atoms with Crippen LogP contribution in [0.5, 0.6) is 5.75 Å². The molecule has 1 aromatic carbocycles. The van der Waals surface area contributed by atoms with E-state index in [0.717, 1.165) is 22.9 Å². The molecule has 1 aromatic rings. The number of aromatic hydroxyl groups is 1. The number of aryl methyl sites for hydroxylation is 1. The molecule has 0 bridgehead atoms. The Labute approximate surface area is 111 Å². The Morgan fingerprint density at radius 3 is 2.53 bits per heavy atom. The van der Waals surface area contributed by atoms with Gasteiger partial charge in [-0.3, -0.25) is 0 Å². The van der Waals surface area contributed by atoms with Crippen molar-refractivity contribution in [2.75, 3.05) is 6.54 Å². The third-order valence-corrected chi connectivity index (χ3v) is 4.89. The highest BCUT2D eigenvalue weighted by atomic mass is 79.9. The van der Waals surface area contributed by atoms with Gasteiger partial charge in [-0.1, -0.05) is 31.4 Å². The lowest BCUT2D eigenvalue weighted by Gasteiger charge is -2.37. The van der Waals surface area contributed by atoms with Crippen LogP contribution in [-0.4, -0.2) is 11.7 Å². The molecule has 1 aliphatic carbocycles. The van der Waals surface area contributed by atoms with Gasteiger partial charge in [0.05, 0.1) is 4.47 Å². The summed E-state index contributed by atoms with van der Waals surface area (Å²) in [5, 5.41) is 10.0. The van der Waals surface area contributed by atoms with E-state index < -0.39 is 0 Å². The standard InChI is InChI=1S/C14H20BrNO/c1-10-5-6-11(12(15)13(10)17)14(9-16)7-3-2-4-8-14/h5-6,17H,2-4,7-9,16H2,1H3. The number of rotatable bonds is 2. The van der Waals surface area contributed by atoms with Gasteiger partial charge in [-0.05, 0) is 46.8 Å². The minimum absolute atomic E-state index is 0.0578. The highest BCUT2D eigenvalue weighted by Gasteiger charge is 2.34. The maximum atomic E-state index is 10.0. The lowest BCUT2D eigenvalue weighted by atomic mass is 9.69. The Bertz CT molecular complexity index is 411. The van der Waals surface area contributed by atoms with E-state index in [4.69, 9.17) is 5.73 Å². The Morgan fingerprint density at radius 2 is 1.94 bits per heavy atom. The van der Waals surface area contributed by atoms with Gasteiger partial charge in [-0.15, -0.1) is 0 Å². The first kappa shape index (κ1) is 12.9. The molecule has 3 N–H and O–H groups in total. The van der Waals surface area contributed by atoms with Crippen molar-refractivity contribution in [2.45, 2.75) is 44.4 Å². The zero-order valence-electron chi connectivity index (χ0n) is 10.3. The summed E-state index contributed by atoms with van der Waals surface area (Å²) in [6.45, 7) is 2.58. The van der Waals surface area contributed by atoms with E-state index in [9.17, 15) is 5.11 Å². The van der Waals surface area contributed by atoms with Gasteiger partial charge in [0.2, 0.25) is 0 Å². The summed E-state index contributed by atoms with van der Waals surface area (Å²) in [5.74, 6) is 0.362. The molecule has 0 atom stereocenters. The molecule has 0 heterocycles. The van der Waals surface area contributed by atoms with E-state index >= 15 is 0 Å². The lowest BCUT2D eigenvalue weighted by molar-refractivity contribution is 0.298. The first-order valence-electron chi connectivity index (χ1n) is 6.29. The summed E-state index contributed by atoms with van der Waals surface area (Å²) in [4.78, 5) is 0. The first-order chi connectivity index (χ1) is 8.10. The number of hydrogen-bond acceptors (Lipinski definition) is 2. The highest BCUT2D eigenvalue weighted by Crippen LogP contribution is 2.44. The predicted molar refractivity (Wildman–Crippen MR) is 74.4 cm³/mol.